The SMILES string of the molecule is C=CCNC(=O)c1cnc2c(OC)cccc2c1Nc1ccccc1C. The van der Waals surface area contributed by atoms with Gasteiger partial charge in [-0.15, -0.1) is 6.58 Å². The molecule has 0 unspecified atom stereocenters. The fourth-order valence-corrected chi connectivity index (χ4v) is 2.78. The first-order valence-corrected chi connectivity index (χ1v) is 8.33. The zero-order valence-corrected chi connectivity index (χ0v) is 14.9. The molecule has 2 aromatic carbocycles. The molecule has 0 saturated heterocycles. The fraction of sp³-hybridized carbons (Fsp3) is 0.143. The van der Waals surface area contributed by atoms with Gasteiger partial charge in [-0.05, 0) is 24.6 Å². The molecule has 0 aliphatic carbocycles. The number of anilines is 2. The second-order valence-electron chi connectivity index (χ2n) is 5.84. The Morgan fingerprint density at radius 2 is 2.04 bits per heavy atom. The number of amides is 1. The van der Waals surface area contributed by atoms with E-state index in [9.17, 15) is 4.79 Å². The molecule has 0 saturated carbocycles. The summed E-state index contributed by atoms with van der Waals surface area (Å²) in [5, 5.41) is 7.04. The summed E-state index contributed by atoms with van der Waals surface area (Å²) in [6.07, 6.45) is 3.22. The zero-order valence-electron chi connectivity index (χ0n) is 14.9. The number of nitrogens with zero attached hydrogens (tertiary/aromatic N) is 1. The highest BCUT2D eigenvalue weighted by atomic mass is 16.5. The highest BCUT2D eigenvalue weighted by molar-refractivity contribution is 6.09. The lowest BCUT2D eigenvalue weighted by molar-refractivity contribution is 0.0958. The van der Waals surface area contributed by atoms with Gasteiger partial charge >= 0.3 is 0 Å². The van der Waals surface area contributed by atoms with Gasteiger partial charge in [0, 0.05) is 23.8 Å². The minimum absolute atomic E-state index is 0.210. The van der Waals surface area contributed by atoms with Crippen LogP contribution in [0.3, 0.4) is 0 Å². The molecule has 0 aliphatic rings. The van der Waals surface area contributed by atoms with E-state index in [1.54, 1.807) is 19.4 Å². The van der Waals surface area contributed by atoms with Gasteiger partial charge in [-0.2, -0.15) is 0 Å². The van der Waals surface area contributed by atoms with Gasteiger partial charge < -0.3 is 15.4 Å². The third kappa shape index (κ3) is 3.37. The van der Waals surface area contributed by atoms with E-state index >= 15 is 0 Å². The minimum Gasteiger partial charge on any atom is -0.494 e. The maximum Gasteiger partial charge on any atom is 0.255 e. The number of nitrogens with one attached hydrogen (secondary N) is 2. The van der Waals surface area contributed by atoms with Gasteiger partial charge in [-0.3, -0.25) is 9.78 Å². The first kappa shape index (κ1) is 17.5. The first-order valence-electron chi connectivity index (χ1n) is 8.33. The molecule has 2 N–H and O–H groups in total. The monoisotopic (exact) mass is 347 g/mol. The van der Waals surface area contributed by atoms with Crippen molar-refractivity contribution in [3.63, 3.8) is 0 Å². The van der Waals surface area contributed by atoms with E-state index < -0.39 is 0 Å². The van der Waals surface area contributed by atoms with Crippen LogP contribution in [-0.4, -0.2) is 24.5 Å². The Kier molecular flexibility index (Phi) is 5.17. The van der Waals surface area contributed by atoms with Crippen molar-refractivity contribution in [2.45, 2.75) is 6.92 Å². The molecule has 3 aromatic rings. The highest BCUT2D eigenvalue weighted by Crippen LogP contribution is 2.34. The van der Waals surface area contributed by atoms with Crippen LogP contribution in [0.2, 0.25) is 0 Å². The van der Waals surface area contributed by atoms with Crippen LogP contribution in [0, 0.1) is 6.92 Å². The number of ether oxygens (including phenoxy) is 1. The van der Waals surface area contributed by atoms with Crippen LogP contribution in [0.5, 0.6) is 5.75 Å². The van der Waals surface area contributed by atoms with Crippen LogP contribution < -0.4 is 15.4 Å². The molecular weight excluding hydrogens is 326 g/mol. The Labute approximate surface area is 152 Å². The molecule has 26 heavy (non-hydrogen) atoms. The van der Waals surface area contributed by atoms with Gasteiger partial charge in [-0.1, -0.05) is 36.4 Å². The molecule has 0 bridgehead atoms. The Balaban J connectivity index is 2.18. The molecule has 0 atom stereocenters. The van der Waals surface area contributed by atoms with Crippen molar-refractivity contribution < 1.29 is 9.53 Å². The standard InChI is InChI=1S/C21H21N3O2/c1-4-12-22-21(25)16-13-23-20-15(9-7-11-18(20)26-3)19(16)24-17-10-6-5-8-14(17)2/h4-11,13H,1,12H2,2-3H3,(H,22,25)(H,23,24). The summed E-state index contributed by atoms with van der Waals surface area (Å²) in [6, 6.07) is 13.6. The largest absolute Gasteiger partial charge is 0.494 e. The van der Waals surface area contributed by atoms with E-state index in [-0.39, 0.29) is 5.91 Å². The summed E-state index contributed by atoms with van der Waals surface area (Å²) >= 11 is 0. The third-order valence-corrected chi connectivity index (χ3v) is 4.14. The normalized spacial score (nSPS) is 10.4. The zero-order chi connectivity index (χ0) is 18.5. The van der Waals surface area contributed by atoms with E-state index in [1.807, 2.05) is 49.4 Å². The Hall–Kier alpha value is -3.34. The van der Waals surface area contributed by atoms with Crippen LogP contribution in [-0.2, 0) is 0 Å². The van der Waals surface area contributed by atoms with Gasteiger partial charge in [0.05, 0.1) is 18.4 Å². The molecule has 1 aromatic heterocycles. The van der Waals surface area contributed by atoms with Crippen LogP contribution in [0.15, 0.2) is 61.3 Å². The smallest absolute Gasteiger partial charge is 0.255 e. The van der Waals surface area contributed by atoms with Gasteiger partial charge in [0.25, 0.3) is 5.91 Å². The number of aromatic nitrogens is 1. The van der Waals surface area contributed by atoms with Gasteiger partial charge in [0.15, 0.2) is 0 Å². The second kappa shape index (κ2) is 7.70. The van der Waals surface area contributed by atoms with Crippen LogP contribution in [0.25, 0.3) is 10.9 Å². The number of carbonyl (C=O) groups excluding carboxylic acids is 1. The number of rotatable bonds is 6. The van der Waals surface area contributed by atoms with Crippen molar-refractivity contribution in [1.29, 1.82) is 0 Å². The van der Waals surface area contributed by atoms with Crippen molar-refractivity contribution in [2.75, 3.05) is 19.0 Å². The molecule has 1 amide bonds. The summed E-state index contributed by atoms with van der Waals surface area (Å²) in [5.41, 5.74) is 3.88. The number of para-hydroxylation sites is 2. The number of hydrogen-bond donors (Lipinski definition) is 2. The number of fused-ring (bicyclic) bond motifs is 1. The molecule has 0 fully saturated rings. The lowest BCUT2D eigenvalue weighted by atomic mass is 10.1. The number of hydrogen-bond acceptors (Lipinski definition) is 4. The topological polar surface area (TPSA) is 63.2 Å². The quantitative estimate of drug-likeness (QED) is 0.656. The molecule has 0 spiro atoms. The highest BCUT2D eigenvalue weighted by Gasteiger charge is 2.17. The van der Waals surface area contributed by atoms with Crippen LogP contribution >= 0.6 is 0 Å². The number of aryl methyl sites for hydroxylation is 1. The molecule has 5 nitrogen and oxygen atoms in total. The number of carbonyl (C=O) groups is 1. The van der Waals surface area contributed by atoms with E-state index in [1.165, 1.54) is 0 Å². The lowest BCUT2D eigenvalue weighted by Gasteiger charge is -2.17. The van der Waals surface area contributed by atoms with Gasteiger partial charge in [0.1, 0.15) is 11.3 Å². The molecular formula is C21H21N3O2. The number of pyridine rings is 1. The molecule has 1 heterocycles. The van der Waals surface area contributed by atoms with Crippen molar-refractivity contribution in [2.24, 2.45) is 0 Å². The number of benzene rings is 2. The molecule has 3 rings (SSSR count). The van der Waals surface area contributed by atoms with Crippen molar-refractivity contribution in [3.05, 3.63) is 72.4 Å². The van der Waals surface area contributed by atoms with Gasteiger partial charge in [-0.25, -0.2) is 0 Å². The van der Waals surface area contributed by atoms with E-state index in [0.717, 1.165) is 16.6 Å². The van der Waals surface area contributed by atoms with E-state index in [2.05, 4.69) is 22.2 Å². The Morgan fingerprint density at radius 3 is 2.77 bits per heavy atom. The lowest BCUT2D eigenvalue weighted by Crippen LogP contribution is -2.24. The molecule has 0 aliphatic heterocycles. The van der Waals surface area contributed by atoms with Crippen molar-refractivity contribution in [1.82, 2.24) is 10.3 Å². The van der Waals surface area contributed by atoms with Crippen molar-refractivity contribution in [3.8, 4) is 5.75 Å². The third-order valence-electron chi connectivity index (χ3n) is 4.14. The summed E-state index contributed by atoms with van der Waals surface area (Å²) in [7, 11) is 1.61. The molecule has 5 heteroatoms. The average molecular weight is 347 g/mol. The fourth-order valence-electron chi connectivity index (χ4n) is 2.78. The van der Waals surface area contributed by atoms with E-state index in [4.69, 9.17) is 4.74 Å². The summed E-state index contributed by atoms with van der Waals surface area (Å²) in [6.45, 7) is 6.04. The Bertz CT molecular complexity index is 967. The predicted molar refractivity (Wildman–Crippen MR) is 105 cm³/mol. The molecule has 0 radical (unpaired) electrons. The minimum atomic E-state index is -0.210. The van der Waals surface area contributed by atoms with E-state index in [0.29, 0.717) is 29.1 Å². The second-order valence-corrected chi connectivity index (χ2v) is 5.84. The maximum absolute atomic E-state index is 12.6. The summed E-state index contributed by atoms with van der Waals surface area (Å²) < 4.78 is 5.42. The predicted octanol–water partition coefficient (Wildman–Crippen LogP) is 4.21. The van der Waals surface area contributed by atoms with Crippen LogP contribution in [0.4, 0.5) is 11.4 Å². The maximum atomic E-state index is 12.6. The average Bonchev–Trinajstić information content (AvgIpc) is 2.67. The Morgan fingerprint density at radius 1 is 1.23 bits per heavy atom. The molecule has 132 valence electrons. The number of methoxy groups -OCH3 is 1. The first-order chi connectivity index (χ1) is 12.7. The van der Waals surface area contributed by atoms with Crippen molar-refractivity contribution >= 4 is 28.2 Å². The van der Waals surface area contributed by atoms with Crippen LogP contribution in [0.1, 0.15) is 15.9 Å². The van der Waals surface area contributed by atoms with Gasteiger partial charge in [0.2, 0.25) is 0 Å². The summed E-state index contributed by atoms with van der Waals surface area (Å²) in [5.74, 6) is 0.451. The summed E-state index contributed by atoms with van der Waals surface area (Å²) in [4.78, 5) is 17.1.